The average Bonchev–Trinajstić information content (AvgIpc) is 2.65. The highest BCUT2D eigenvalue weighted by Crippen LogP contribution is 2.26. The lowest BCUT2D eigenvalue weighted by Gasteiger charge is -2.24. The quantitative estimate of drug-likeness (QED) is 0.859. The summed E-state index contributed by atoms with van der Waals surface area (Å²) in [4.78, 5) is 19.0. The van der Waals surface area contributed by atoms with Crippen LogP contribution in [0.5, 0.6) is 5.88 Å². The summed E-state index contributed by atoms with van der Waals surface area (Å²) < 4.78 is 19.4. The molecule has 1 aliphatic heterocycles. The monoisotopic (exact) mass is 328 g/mol. The molecule has 1 aromatic carbocycles. The largest absolute Gasteiger partial charge is 0.472 e. The summed E-state index contributed by atoms with van der Waals surface area (Å²) in [7, 11) is 0. The number of amides is 1. The lowest BCUT2D eigenvalue weighted by Crippen LogP contribution is -2.36. The fraction of sp³-hybridized carbons (Fsp3) is 0.368. The van der Waals surface area contributed by atoms with E-state index in [2.05, 4.69) is 11.9 Å². The minimum absolute atomic E-state index is 0.108. The molecule has 1 unspecified atom stereocenters. The van der Waals surface area contributed by atoms with Crippen LogP contribution in [0.4, 0.5) is 4.39 Å². The Labute approximate surface area is 141 Å². The van der Waals surface area contributed by atoms with Crippen molar-refractivity contribution in [3.05, 3.63) is 59.0 Å². The molecule has 1 aliphatic rings. The van der Waals surface area contributed by atoms with Crippen molar-refractivity contribution in [1.29, 1.82) is 0 Å². The average molecular weight is 328 g/mol. The number of hydrogen-bond donors (Lipinski definition) is 0. The van der Waals surface area contributed by atoms with Crippen molar-refractivity contribution in [3.8, 4) is 5.88 Å². The summed E-state index contributed by atoms with van der Waals surface area (Å²) in [5.74, 6) is -0.0191. The van der Waals surface area contributed by atoms with E-state index in [1.54, 1.807) is 23.1 Å². The Bertz CT molecular complexity index is 748. The van der Waals surface area contributed by atoms with E-state index in [-0.39, 0.29) is 17.8 Å². The molecule has 1 atom stereocenters. The van der Waals surface area contributed by atoms with Crippen LogP contribution < -0.4 is 4.74 Å². The van der Waals surface area contributed by atoms with Crippen LogP contribution in [0.2, 0.25) is 0 Å². The van der Waals surface area contributed by atoms with Crippen LogP contribution in [-0.4, -0.2) is 28.4 Å². The molecule has 2 heterocycles. The summed E-state index contributed by atoms with van der Waals surface area (Å²) in [5.41, 5.74) is 2.05. The number of nitrogens with zero attached hydrogens (tertiary/aromatic N) is 2. The zero-order valence-electron chi connectivity index (χ0n) is 14.0. The molecule has 1 aromatic heterocycles. The number of aryl methyl sites for hydroxylation is 1. The number of ether oxygens (including phenoxy) is 1. The maximum atomic E-state index is 13.4. The first-order valence-corrected chi connectivity index (χ1v) is 8.25. The number of carbonyl (C=O) groups excluding carboxylic acids is 1. The van der Waals surface area contributed by atoms with Crippen molar-refractivity contribution in [2.45, 2.75) is 39.3 Å². The van der Waals surface area contributed by atoms with Gasteiger partial charge in [0.25, 0.3) is 5.91 Å². The van der Waals surface area contributed by atoms with Crippen molar-refractivity contribution >= 4 is 5.91 Å². The fourth-order valence-electron chi connectivity index (χ4n) is 2.94. The van der Waals surface area contributed by atoms with Crippen molar-refractivity contribution in [1.82, 2.24) is 9.88 Å². The Balaban J connectivity index is 1.92. The van der Waals surface area contributed by atoms with Crippen molar-refractivity contribution in [2.75, 3.05) is 6.54 Å². The molecule has 0 saturated heterocycles. The summed E-state index contributed by atoms with van der Waals surface area (Å²) >= 11 is 0. The number of aromatic nitrogens is 1. The van der Waals surface area contributed by atoms with Crippen molar-refractivity contribution in [2.24, 2.45) is 0 Å². The molecule has 3 rings (SSSR count). The molecule has 0 N–H and O–H groups in total. The highest BCUT2D eigenvalue weighted by Gasteiger charge is 2.29. The molecule has 4 nitrogen and oxygen atoms in total. The van der Waals surface area contributed by atoms with E-state index >= 15 is 0 Å². The van der Waals surface area contributed by atoms with Crippen LogP contribution in [0.25, 0.3) is 0 Å². The van der Waals surface area contributed by atoms with Gasteiger partial charge in [-0.15, -0.1) is 0 Å². The SMILES string of the molecule is CCCC1CN(Cc2cccc(F)c2)C(=O)c2ccc(C)nc2O1. The Morgan fingerprint density at radius 2 is 2.17 bits per heavy atom. The topological polar surface area (TPSA) is 42.4 Å². The molecular formula is C19H21FN2O2. The molecule has 0 radical (unpaired) electrons. The van der Waals surface area contributed by atoms with Crippen LogP contribution in [0.1, 0.15) is 41.4 Å². The van der Waals surface area contributed by atoms with E-state index in [0.29, 0.717) is 24.5 Å². The summed E-state index contributed by atoms with van der Waals surface area (Å²) in [6.07, 6.45) is 1.68. The normalized spacial score (nSPS) is 17.2. The van der Waals surface area contributed by atoms with E-state index < -0.39 is 0 Å². The van der Waals surface area contributed by atoms with Gasteiger partial charge in [-0.2, -0.15) is 0 Å². The second-order valence-corrected chi connectivity index (χ2v) is 6.15. The van der Waals surface area contributed by atoms with Crippen LogP contribution in [0.3, 0.4) is 0 Å². The second-order valence-electron chi connectivity index (χ2n) is 6.15. The van der Waals surface area contributed by atoms with Gasteiger partial charge in [0.15, 0.2) is 0 Å². The first-order chi connectivity index (χ1) is 11.6. The Morgan fingerprint density at radius 1 is 1.33 bits per heavy atom. The first-order valence-electron chi connectivity index (χ1n) is 8.25. The van der Waals surface area contributed by atoms with Gasteiger partial charge in [-0.25, -0.2) is 9.37 Å². The van der Waals surface area contributed by atoms with Gasteiger partial charge in [-0.05, 0) is 43.2 Å². The number of halogens is 1. The van der Waals surface area contributed by atoms with Crippen molar-refractivity contribution < 1.29 is 13.9 Å². The van der Waals surface area contributed by atoms with Gasteiger partial charge >= 0.3 is 0 Å². The van der Waals surface area contributed by atoms with Crippen LogP contribution in [-0.2, 0) is 6.54 Å². The van der Waals surface area contributed by atoms with Crippen LogP contribution in [0.15, 0.2) is 36.4 Å². The standard InChI is InChI=1S/C19H21FN2O2/c1-3-5-16-12-22(11-14-6-4-7-15(20)10-14)19(23)17-9-8-13(2)21-18(17)24-16/h4,6-10,16H,3,5,11-12H2,1-2H3. The number of benzene rings is 1. The van der Waals surface area contributed by atoms with Crippen molar-refractivity contribution in [3.63, 3.8) is 0 Å². The highest BCUT2D eigenvalue weighted by atomic mass is 19.1. The van der Waals surface area contributed by atoms with Gasteiger partial charge in [-0.1, -0.05) is 25.5 Å². The molecular weight excluding hydrogens is 307 g/mol. The lowest BCUT2D eigenvalue weighted by molar-refractivity contribution is 0.0685. The van der Waals surface area contributed by atoms with Gasteiger partial charge in [-0.3, -0.25) is 4.79 Å². The van der Waals surface area contributed by atoms with Gasteiger partial charge in [0.2, 0.25) is 5.88 Å². The highest BCUT2D eigenvalue weighted by molar-refractivity contribution is 5.96. The molecule has 2 aromatic rings. The predicted octanol–water partition coefficient (Wildman–Crippen LogP) is 3.73. The van der Waals surface area contributed by atoms with Gasteiger partial charge in [0.05, 0.1) is 6.54 Å². The molecule has 1 amide bonds. The first kappa shape index (κ1) is 16.4. The molecule has 5 heteroatoms. The molecule has 126 valence electrons. The zero-order chi connectivity index (χ0) is 17.1. The smallest absolute Gasteiger partial charge is 0.259 e. The van der Waals surface area contributed by atoms with E-state index in [1.165, 1.54) is 12.1 Å². The lowest BCUT2D eigenvalue weighted by atomic mass is 10.1. The second kappa shape index (κ2) is 6.99. The van der Waals surface area contributed by atoms with E-state index in [4.69, 9.17) is 4.74 Å². The number of hydrogen-bond acceptors (Lipinski definition) is 3. The number of rotatable bonds is 4. The molecule has 0 saturated carbocycles. The molecule has 0 bridgehead atoms. The maximum absolute atomic E-state index is 13.4. The summed E-state index contributed by atoms with van der Waals surface area (Å²) in [6.45, 7) is 4.78. The van der Waals surface area contributed by atoms with Gasteiger partial charge in [0, 0.05) is 12.2 Å². The molecule has 24 heavy (non-hydrogen) atoms. The Morgan fingerprint density at radius 3 is 2.92 bits per heavy atom. The molecule has 0 fully saturated rings. The maximum Gasteiger partial charge on any atom is 0.259 e. The Kier molecular flexibility index (Phi) is 4.79. The zero-order valence-corrected chi connectivity index (χ0v) is 14.0. The van der Waals surface area contributed by atoms with Gasteiger partial charge in [0.1, 0.15) is 17.5 Å². The Hall–Kier alpha value is -2.43. The third-order valence-corrected chi connectivity index (χ3v) is 4.09. The predicted molar refractivity (Wildman–Crippen MR) is 89.4 cm³/mol. The van der Waals surface area contributed by atoms with E-state index in [1.807, 2.05) is 13.0 Å². The minimum atomic E-state index is -0.297. The van der Waals surface area contributed by atoms with Crippen LogP contribution >= 0.6 is 0 Å². The van der Waals surface area contributed by atoms with E-state index in [9.17, 15) is 9.18 Å². The number of carbonyl (C=O) groups is 1. The molecule has 0 aliphatic carbocycles. The van der Waals surface area contributed by atoms with Gasteiger partial charge < -0.3 is 9.64 Å². The van der Waals surface area contributed by atoms with Crippen LogP contribution in [0, 0.1) is 12.7 Å². The van der Waals surface area contributed by atoms with E-state index in [0.717, 1.165) is 24.1 Å². The number of pyridine rings is 1. The fourth-order valence-corrected chi connectivity index (χ4v) is 2.94. The number of fused-ring (bicyclic) bond motifs is 1. The summed E-state index contributed by atoms with van der Waals surface area (Å²) in [6, 6.07) is 9.91. The minimum Gasteiger partial charge on any atom is -0.472 e. The molecule has 0 spiro atoms. The third kappa shape index (κ3) is 3.55. The summed E-state index contributed by atoms with van der Waals surface area (Å²) in [5, 5.41) is 0. The third-order valence-electron chi connectivity index (χ3n) is 4.09.